The quantitative estimate of drug-likeness (QED) is 0.782. The number of ketones is 1. The molecular weight excluding hydrogens is 220 g/mol. The molecule has 0 N–H and O–H groups in total. The molecule has 1 aliphatic carbocycles. The number of carbonyl (C=O) groups is 1. The van der Waals surface area contributed by atoms with Crippen LogP contribution in [0.2, 0.25) is 0 Å². The summed E-state index contributed by atoms with van der Waals surface area (Å²) < 4.78 is 0. The van der Waals surface area contributed by atoms with Crippen LogP contribution < -0.4 is 0 Å². The summed E-state index contributed by atoms with van der Waals surface area (Å²) >= 11 is 0. The van der Waals surface area contributed by atoms with E-state index < -0.39 is 0 Å². The van der Waals surface area contributed by atoms with E-state index in [1.807, 2.05) is 0 Å². The van der Waals surface area contributed by atoms with Gasteiger partial charge < -0.3 is 0 Å². The molecule has 1 saturated carbocycles. The van der Waals surface area contributed by atoms with Crippen molar-refractivity contribution in [1.29, 1.82) is 0 Å². The van der Waals surface area contributed by atoms with Gasteiger partial charge in [0.15, 0.2) is 0 Å². The Kier molecular flexibility index (Phi) is 2.92. The lowest BCUT2D eigenvalue weighted by Crippen LogP contribution is -2.10. The summed E-state index contributed by atoms with van der Waals surface area (Å²) in [5, 5.41) is 0. The minimum absolute atomic E-state index is 0.156. The zero-order valence-electron chi connectivity index (χ0n) is 12.4. The fourth-order valence-corrected chi connectivity index (χ4v) is 3.48. The van der Waals surface area contributed by atoms with Gasteiger partial charge in [0, 0.05) is 12.3 Å². The van der Waals surface area contributed by atoms with E-state index in [0.717, 1.165) is 5.56 Å². The highest BCUT2D eigenvalue weighted by Crippen LogP contribution is 2.68. The van der Waals surface area contributed by atoms with Crippen molar-refractivity contribution in [2.24, 2.45) is 16.7 Å². The molecule has 0 aliphatic heterocycles. The highest BCUT2D eigenvalue weighted by molar-refractivity contribution is 5.88. The maximum absolute atomic E-state index is 12.4. The molecule has 18 heavy (non-hydrogen) atoms. The van der Waals surface area contributed by atoms with Crippen molar-refractivity contribution in [3.8, 4) is 0 Å². The van der Waals surface area contributed by atoms with Crippen LogP contribution in [0.3, 0.4) is 0 Å². The van der Waals surface area contributed by atoms with Crippen LogP contribution in [0.5, 0.6) is 0 Å². The van der Waals surface area contributed by atoms with Crippen LogP contribution in [0.1, 0.15) is 44.4 Å². The molecule has 98 valence electrons. The summed E-state index contributed by atoms with van der Waals surface area (Å²) in [6.07, 6.45) is 0.583. The zero-order valence-corrected chi connectivity index (χ0v) is 12.4. The number of aryl methyl sites for hydroxylation is 2. The van der Waals surface area contributed by atoms with Gasteiger partial charge >= 0.3 is 0 Å². The van der Waals surface area contributed by atoms with Crippen molar-refractivity contribution in [3.05, 3.63) is 34.9 Å². The van der Waals surface area contributed by atoms with Crippen molar-refractivity contribution in [2.45, 2.75) is 48.0 Å². The van der Waals surface area contributed by atoms with Crippen molar-refractivity contribution < 1.29 is 4.79 Å². The van der Waals surface area contributed by atoms with Gasteiger partial charge in [0.05, 0.1) is 0 Å². The standard InChI is InChI=1S/C17H24O/c1-11-7-12(2)9-13(8-11)10-14(18)15-16(3,4)17(15,5)6/h7-9,15H,10H2,1-6H3. The van der Waals surface area contributed by atoms with Crippen LogP contribution in [0, 0.1) is 30.6 Å². The molecule has 0 atom stereocenters. The Bertz CT molecular complexity index is 460. The van der Waals surface area contributed by atoms with E-state index in [-0.39, 0.29) is 16.7 Å². The second kappa shape index (κ2) is 3.94. The molecule has 1 nitrogen and oxygen atoms in total. The van der Waals surface area contributed by atoms with Gasteiger partial charge in [0.1, 0.15) is 5.78 Å². The van der Waals surface area contributed by atoms with Gasteiger partial charge in [-0.15, -0.1) is 0 Å². The predicted octanol–water partition coefficient (Wildman–Crippen LogP) is 4.10. The van der Waals surface area contributed by atoms with Crippen molar-refractivity contribution in [2.75, 3.05) is 0 Å². The molecule has 1 fully saturated rings. The van der Waals surface area contributed by atoms with Crippen LogP contribution >= 0.6 is 0 Å². The van der Waals surface area contributed by atoms with Gasteiger partial charge in [-0.3, -0.25) is 4.79 Å². The summed E-state index contributed by atoms with van der Waals surface area (Å²) in [6.45, 7) is 13.0. The summed E-state index contributed by atoms with van der Waals surface area (Å²) in [5.41, 5.74) is 3.96. The normalized spacial score (nSPS) is 20.8. The lowest BCUT2D eigenvalue weighted by Gasteiger charge is -2.05. The predicted molar refractivity (Wildman–Crippen MR) is 75.7 cm³/mol. The summed E-state index contributed by atoms with van der Waals surface area (Å²) in [6, 6.07) is 6.42. The van der Waals surface area contributed by atoms with E-state index in [1.54, 1.807) is 0 Å². The third-order valence-corrected chi connectivity index (χ3v) is 5.00. The molecule has 1 aliphatic rings. The molecular formula is C17H24O. The van der Waals surface area contributed by atoms with Crippen LogP contribution in [-0.4, -0.2) is 5.78 Å². The maximum atomic E-state index is 12.4. The van der Waals surface area contributed by atoms with E-state index in [2.05, 4.69) is 59.7 Å². The largest absolute Gasteiger partial charge is 0.299 e. The molecule has 0 saturated heterocycles. The van der Waals surface area contributed by atoms with Gasteiger partial charge in [-0.25, -0.2) is 0 Å². The minimum atomic E-state index is 0.156. The lowest BCUT2D eigenvalue weighted by molar-refractivity contribution is -0.120. The number of hydrogen-bond acceptors (Lipinski definition) is 1. The first kappa shape index (κ1) is 13.3. The second-order valence-electron chi connectivity index (χ2n) is 7.02. The SMILES string of the molecule is Cc1cc(C)cc(CC(=O)C2C(C)(C)C2(C)C)c1. The van der Waals surface area contributed by atoms with E-state index in [0.29, 0.717) is 12.2 Å². The third kappa shape index (κ3) is 2.00. The minimum Gasteiger partial charge on any atom is -0.299 e. The van der Waals surface area contributed by atoms with E-state index in [9.17, 15) is 4.79 Å². The number of carbonyl (C=O) groups excluding carboxylic acids is 1. The average Bonchev–Trinajstić information content (AvgIpc) is 2.54. The average molecular weight is 244 g/mol. The van der Waals surface area contributed by atoms with E-state index in [4.69, 9.17) is 0 Å². The summed E-state index contributed by atoms with van der Waals surface area (Å²) in [5.74, 6) is 0.612. The Hall–Kier alpha value is -1.11. The molecule has 2 rings (SSSR count). The van der Waals surface area contributed by atoms with Crippen LogP contribution in [0.25, 0.3) is 0 Å². The highest BCUT2D eigenvalue weighted by atomic mass is 16.1. The van der Waals surface area contributed by atoms with Gasteiger partial charge in [-0.05, 0) is 30.2 Å². The Morgan fingerprint density at radius 1 is 1.00 bits per heavy atom. The van der Waals surface area contributed by atoms with Gasteiger partial charge in [0.25, 0.3) is 0 Å². The zero-order chi connectivity index (χ0) is 13.7. The molecule has 0 bridgehead atoms. The second-order valence-corrected chi connectivity index (χ2v) is 7.02. The fourth-order valence-electron chi connectivity index (χ4n) is 3.48. The Morgan fingerprint density at radius 3 is 1.83 bits per heavy atom. The highest BCUT2D eigenvalue weighted by Gasteiger charge is 2.67. The first-order valence-electron chi connectivity index (χ1n) is 6.76. The van der Waals surface area contributed by atoms with Crippen LogP contribution in [0.4, 0.5) is 0 Å². The van der Waals surface area contributed by atoms with Crippen molar-refractivity contribution >= 4 is 5.78 Å². The molecule has 0 aromatic heterocycles. The Balaban J connectivity index is 2.14. The molecule has 0 radical (unpaired) electrons. The first-order valence-corrected chi connectivity index (χ1v) is 6.76. The van der Waals surface area contributed by atoms with Gasteiger partial charge in [-0.1, -0.05) is 57.0 Å². The monoisotopic (exact) mass is 244 g/mol. The maximum Gasteiger partial charge on any atom is 0.141 e. The van der Waals surface area contributed by atoms with Crippen molar-refractivity contribution in [1.82, 2.24) is 0 Å². The molecule has 1 aromatic carbocycles. The smallest absolute Gasteiger partial charge is 0.141 e. The number of Topliss-reactive ketones (excluding diaryl/α,β-unsaturated/α-hetero) is 1. The number of hydrogen-bond donors (Lipinski definition) is 0. The van der Waals surface area contributed by atoms with Gasteiger partial charge in [-0.2, -0.15) is 0 Å². The summed E-state index contributed by atoms with van der Waals surface area (Å²) in [7, 11) is 0. The molecule has 0 unspecified atom stereocenters. The molecule has 0 amide bonds. The van der Waals surface area contributed by atoms with E-state index >= 15 is 0 Å². The first-order chi connectivity index (χ1) is 8.16. The van der Waals surface area contributed by atoms with Gasteiger partial charge in [0.2, 0.25) is 0 Å². The lowest BCUT2D eigenvalue weighted by atomic mass is 9.98. The molecule has 1 aromatic rings. The van der Waals surface area contributed by atoms with E-state index in [1.165, 1.54) is 11.1 Å². The fraction of sp³-hybridized carbons (Fsp3) is 0.588. The van der Waals surface area contributed by atoms with Crippen molar-refractivity contribution in [3.63, 3.8) is 0 Å². The number of benzene rings is 1. The Labute approximate surface area is 111 Å². The third-order valence-electron chi connectivity index (χ3n) is 5.00. The van der Waals surface area contributed by atoms with Crippen LogP contribution in [-0.2, 0) is 11.2 Å². The molecule has 1 heteroatoms. The topological polar surface area (TPSA) is 17.1 Å². The summed E-state index contributed by atoms with van der Waals surface area (Å²) in [4.78, 5) is 12.4. The molecule has 0 spiro atoms. The molecule has 0 heterocycles. The Morgan fingerprint density at radius 2 is 1.44 bits per heavy atom. The van der Waals surface area contributed by atoms with Crippen LogP contribution in [0.15, 0.2) is 18.2 Å². The number of rotatable bonds is 3.